The number of rotatable bonds is 3. The summed E-state index contributed by atoms with van der Waals surface area (Å²) in [5, 5.41) is 0. The highest BCUT2D eigenvalue weighted by atomic mass is 15.2. The molecule has 118 valence electrons. The summed E-state index contributed by atoms with van der Waals surface area (Å²) >= 11 is 0. The molecule has 20 heavy (non-hydrogen) atoms. The summed E-state index contributed by atoms with van der Waals surface area (Å²) in [6, 6.07) is 1.03. The summed E-state index contributed by atoms with van der Waals surface area (Å²) in [4.78, 5) is 2.74. The Morgan fingerprint density at radius 2 is 1.65 bits per heavy atom. The predicted molar refractivity (Wildman–Crippen MR) is 87.7 cm³/mol. The lowest BCUT2D eigenvalue weighted by atomic mass is 9.67. The van der Waals surface area contributed by atoms with Crippen molar-refractivity contribution in [3.8, 4) is 0 Å². The third-order valence-corrected chi connectivity index (χ3v) is 6.25. The fraction of sp³-hybridized carbons (Fsp3) is 1.00. The van der Waals surface area contributed by atoms with E-state index in [0.29, 0.717) is 17.5 Å². The molecule has 5 unspecified atom stereocenters. The van der Waals surface area contributed by atoms with Crippen LogP contribution in [0.15, 0.2) is 0 Å². The van der Waals surface area contributed by atoms with E-state index in [1.165, 1.54) is 45.2 Å². The normalized spacial score (nSPS) is 40.8. The first kappa shape index (κ1) is 16.3. The van der Waals surface area contributed by atoms with Crippen molar-refractivity contribution in [2.45, 2.75) is 78.8 Å². The summed E-state index contributed by atoms with van der Waals surface area (Å²) in [7, 11) is 0. The van der Waals surface area contributed by atoms with Crippen LogP contribution in [-0.2, 0) is 0 Å². The van der Waals surface area contributed by atoms with Crippen molar-refractivity contribution in [1.82, 2.24) is 4.90 Å². The van der Waals surface area contributed by atoms with Gasteiger partial charge in [-0.25, -0.2) is 0 Å². The molecule has 1 saturated heterocycles. The highest BCUT2D eigenvalue weighted by molar-refractivity contribution is 4.95. The molecule has 0 aromatic carbocycles. The molecule has 1 heterocycles. The highest BCUT2D eigenvalue weighted by Gasteiger charge is 2.39. The molecule has 1 aliphatic carbocycles. The molecule has 2 heteroatoms. The van der Waals surface area contributed by atoms with Crippen molar-refractivity contribution in [3.63, 3.8) is 0 Å². The van der Waals surface area contributed by atoms with E-state index in [9.17, 15) is 0 Å². The summed E-state index contributed by atoms with van der Waals surface area (Å²) in [6.07, 6.45) is 6.55. The Bertz CT molecular complexity index is 303. The van der Waals surface area contributed by atoms with Gasteiger partial charge in [0, 0.05) is 25.2 Å². The van der Waals surface area contributed by atoms with Crippen molar-refractivity contribution >= 4 is 0 Å². The standard InChI is InChI=1S/C18H36N2/c1-6-18(4,5)15-7-8-16(19)17(10-15)20-11-13(2)9-14(3)12-20/h13-17H,6-12,19H2,1-5H3. The Kier molecular flexibility index (Phi) is 5.18. The third kappa shape index (κ3) is 3.57. The molecule has 0 bridgehead atoms. The lowest BCUT2D eigenvalue weighted by molar-refractivity contribution is 0.0246. The van der Waals surface area contributed by atoms with Gasteiger partial charge < -0.3 is 5.73 Å². The van der Waals surface area contributed by atoms with E-state index in [1.54, 1.807) is 0 Å². The van der Waals surface area contributed by atoms with Crippen molar-refractivity contribution < 1.29 is 0 Å². The molecule has 2 rings (SSSR count). The van der Waals surface area contributed by atoms with Gasteiger partial charge in [-0.3, -0.25) is 4.90 Å². The number of hydrogen-bond donors (Lipinski definition) is 1. The van der Waals surface area contributed by atoms with Gasteiger partial charge in [-0.1, -0.05) is 41.0 Å². The van der Waals surface area contributed by atoms with Crippen molar-refractivity contribution in [2.24, 2.45) is 28.9 Å². The minimum absolute atomic E-state index is 0.399. The van der Waals surface area contributed by atoms with Crippen LogP contribution >= 0.6 is 0 Å². The maximum absolute atomic E-state index is 6.51. The van der Waals surface area contributed by atoms with E-state index >= 15 is 0 Å². The van der Waals surface area contributed by atoms with Crippen LogP contribution in [-0.4, -0.2) is 30.1 Å². The quantitative estimate of drug-likeness (QED) is 0.849. The predicted octanol–water partition coefficient (Wildman–Crippen LogP) is 3.90. The summed E-state index contributed by atoms with van der Waals surface area (Å²) in [6.45, 7) is 14.6. The molecule has 0 aromatic heterocycles. The first-order valence-corrected chi connectivity index (χ1v) is 8.83. The average Bonchev–Trinajstić information content (AvgIpc) is 2.37. The van der Waals surface area contributed by atoms with Gasteiger partial charge in [-0.15, -0.1) is 0 Å². The summed E-state index contributed by atoms with van der Waals surface area (Å²) in [5.41, 5.74) is 6.98. The van der Waals surface area contributed by atoms with E-state index in [-0.39, 0.29) is 0 Å². The first-order valence-electron chi connectivity index (χ1n) is 8.83. The molecule has 2 N–H and O–H groups in total. The van der Waals surface area contributed by atoms with Gasteiger partial charge in [0.2, 0.25) is 0 Å². The average molecular weight is 280 g/mol. The second-order valence-electron chi connectivity index (χ2n) is 8.48. The molecule has 0 aromatic rings. The van der Waals surface area contributed by atoms with Crippen LogP contribution < -0.4 is 5.73 Å². The van der Waals surface area contributed by atoms with Gasteiger partial charge in [0.1, 0.15) is 0 Å². The van der Waals surface area contributed by atoms with Gasteiger partial charge in [0.25, 0.3) is 0 Å². The zero-order chi connectivity index (χ0) is 14.9. The van der Waals surface area contributed by atoms with Gasteiger partial charge in [0.05, 0.1) is 0 Å². The zero-order valence-corrected chi connectivity index (χ0v) is 14.4. The van der Waals surface area contributed by atoms with Crippen LogP contribution in [0.2, 0.25) is 0 Å². The molecular formula is C18H36N2. The number of likely N-dealkylation sites (tertiary alicyclic amines) is 1. The number of nitrogens with two attached hydrogens (primary N) is 1. The molecule has 0 radical (unpaired) electrons. The Hall–Kier alpha value is -0.0800. The smallest absolute Gasteiger partial charge is 0.0250 e. The van der Waals surface area contributed by atoms with Crippen LogP contribution in [0.4, 0.5) is 0 Å². The molecule has 1 saturated carbocycles. The Morgan fingerprint density at radius 3 is 2.20 bits per heavy atom. The van der Waals surface area contributed by atoms with Gasteiger partial charge in [0.15, 0.2) is 0 Å². The van der Waals surface area contributed by atoms with Crippen molar-refractivity contribution in [2.75, 3.05) is 13.1 Å². The Balaban J connectivity index is 2.05. The Morgan fingerprint density at radius 1 is 1.05 bits per heavy atom. The van der Waals surface area contributed by atoms with Gasteiger partial charge in [-0.2, -0.15) is 0 Å². The summed E-state index contributed by atoms with van der Waals surface area (Å²) < 4.78 is 0. The minimum atomic E-state index is 0.399. The number of nitrogens with zero attached hydrogens (tertiary/aromatic N) is 1. The molecule has 2 nitrogen and oxygen atoms in total. The molecule has 0 spiro atoms. The van der Waals surface area contributed by atoms with E-state index in [2.05, 4.69) is 39.5 Å². The second-order valence-corrected chi connectivity index (χ2v) is 8.48. The van der Waals surface area contributed by atoms with Crippen molar-refractivity contribution in [1.29, 1.82) is 0 Å². The maximum atomic E-state index is 6.51. The van der Waals surface area contributed by atoms with Crippen LogP contribution in [0.1, 0.15) is 66.7 Å². The van der Waals surface area contributed by atoms with E-state index in [1.807, 2.05) is 0 Å². The number of hydrogen-bond acceptors (Lipinski definition) is 2. The monoisotopic (exact) mass is 280 g/mol. The van der Waals surface area contributed by atoms with E-state index < -0.39 is 0 Å². The molecule has 1 aliphatic heterocycles. The van der Waals surface area contributed by atoms with Crippen LogP contribution in [0.25, 0.3) is 0 Å². The third-order valence-electron chi connectivity index (χ3n) is 6.25. The maximum Gasteiger partial charge on any atom is 0.0250 e. The number of piperidine rings is 1. The molecule has 0 amide bonds. The van der Waals surface area contributed by atoms with Gasteiger partial charge in [-0.05, 0) is 48.9 Å². The van der Waals surface area contributed by atoms with Crippen LogP contribution in [0.5, 0.6) is 0 Å². The van der Waals surface area contributed by atoms with Crippen LogP contribution in [0.3, 0.4) is 0 Å². The topological polar surface area (TPSA) is 29.3 Å². The molecule has 5 atom stereocenters. The second kappa shape index (κ2) is 6.36. The lowest BCUT2D eigenvalue weighted by Crippen LogP contribution is -2.56. The largest absolute Gasteiger partial charge is 0.326 e. The summed E-state index contributed by atoms with van der Waals surface area (Å²) in [5.74, 6) is 2.53. The van der Waals surface area contributed by atoms with E-state index in [0.717, 1.165) is 17.8 Å². The fourth-order valence-corrected chi connectivity index (χ4v) is 4.57. The lowest BCUT2D eigenvalue weighted by Gasteiger charge is -2.48. The zero-order valence-electron chi connectivity index (χ0n) is 14.4. The van der Waals surface area contributed by atoms with Gasteiger partial charge >= 0.3 is 0 Å². The molecule has 2 aliphatic rings. The van der Waals surface area contributed by atoms with Crippen molar-refractivity contribution in [3.05, 3.63) is 0 Å². The SMILES string of the molecule is CCC(C)(C)C1CCC(N)C(N2CC(C)CC(C)C2)C1. The first-order chi connectivity index (χ1) is 9.33. The molecular weight excluding hydrogens is 244 g/mol. The molecule has 2 fully saturated rings. The van der Waals surface area contributed by atoms with Crippen LogP contribution in [0, 0.1) is 23.2 Å². The fourth-order valence-electron chi connectivity index (χ4n) is 4.57. The van der Waals surface area contributed by atoms with E-state index in [4.69, 9.17) is 5.73 Å². The Labute approximate surface area is 126 Å². The minimum Gasteiger partial charge on any atom is -0.326 e. The highest BCUT2D eigenvalue weighted by Crippen LogP contribution is 2.42.